The van der Waals surface area contributed by atoms with Gasteiger partial charge in [0, 0.05) is 18.0 Å². The molecule has 3 N–H and O–H groups in total. The summed E-state index contributed by atoms with van der Waals surface area (Å²) in [5, 5.41) is 20.9. The first-order chi connectivity index (χ1) is 13.8. The quantitative estimate of drug-likeness (QED) is 0.544. The van der Waals surface area contributed by atoms with Crippen LogP contribution >= 0.6 is 11.6 Å². The van der Waals surface area contributed by atoms with Gasteiger partial charge in [-0.05, 0) is 23.6 Å². The molecule has 8 heteroatoms. The number of carbonyl (C=O) groups excluding carboxylic acids is 1. The summed E-state index contributed by atoms with van der Waals surface area (Å²) in [6, 6.07) is 12.2. The molecular weight excluding hydrogens is 398 g/mol. The maximum absolute atomic E-state index is 11.9. The molecule has 0 fully saturated rings. The third-order valence-corrected chi connectivity index (χ3v) is 4.57. The Balaban J connectivity index is 2.12. The maximum Gasteiger partial charge on any atom is 0.305 e. The van der Waals surface area contributed by atoms with E-state index in [2.05, 4.69) is 5.32 Å². The van der Waals surface area contributed by atoms with Crippen molar-refractivity contribution < 1.29 is 29.3 Å². The number of rotatable bonds is 10. The van der Waals surface area contributed by atoms with E-state index >= 15 is 0 Å². The van der Waals surface area contributed by atoms with Crippen LogP contribution < -0.4 is 10.1 Å². The highest BCUT2D eigenvalue weighted by molar-refractivity contribution is 6.32. The number of hydrogen-bond donors (Lipinski definition) is 3. The molecular formula is C21H22ClNO6. The summed E-state index contributed by atoms with van der Waals surface area (Å²) < 4.78 is 5.37. The first-order valence-electron chi connectivity index (χ1n) is 8.95. The van der Waals surface area contributed by atoms with Crippen LogP contribution in [0, 0.1) is 0 Å². The topological polar surface area (TPSA) is 113 Å². The van der Waals surface area contributed by atoms with Crippen LogP contribution in [0.2, 0.25) is 5.02 Å². The van der Waals surface area contributed by atoms with Gasteiger partial charge >= 0.3 is 11.9 Å². The highest BCUT2D eigenvalue weighted by Crippen LogP contribution is 2.35. The lowest BCUT2D eigenvalue weighted by Crippen LogP contribution is -2.38. The molecule has 1 amide bonds. The van der Waals surface area contributed by atoms with Crippen LogP contribution in [0.3, 0.4) is 0 Å². The minimum absolute atomic E-state index is 0.195. The number of halogens is 1. The first kappa shape index (κ1) is 22.2. The number of aliphatic carboxylic acids is 2. The minimum atomic E-state index is -1.08. The second-order valence-corrected chi connectivity index (χ2v) is 6.88. The molecule has 0 heterocycles. The Morgan fingerprint density at radius 1 is 1.03 bits per heavy atom. The van der Waals surface area contributed by atoms with Crippen molar-refractivity contribution in [2.75, 3.05) is 7.11 Å². The molecule has 2 aromatic carbocycles. The van der Waals surface area contributed by atoms with Crippen LogP contribution in [-0.2, 0) is 20.8 Å². The summed E-state index contributed by atoms with van der Waals surface area (Å²) in [6.45, 7) is 0. The Hall–Kier alpha value is -3.06. The molecule has 7 nitrogen and oxygen atoms in total. The number of hydrogen-bond acceptors (Lipinski definition) is 4. The van der Waals surface area contributed by atoms with Crippen molar-refractivity contribution in [3.63, 3.8) is 0 Å². The molecule has 0 spiro atoms. The van der Waals surface area contributed by atoms with Crippen molar-refractivity contribution in [1.82, 2.24) is 5.32 Å². The Labute approximate surface area is 173 Å². The second-order valence-electron chi connectivity index (χ2n) is 6.48. The fourth-order valence-electron chi connectivity index (χ4n) is 2.95. The standard InChI is InChI=1S/C21H22ClNO6/c1-29-21-16(3-2-4-17(21)22)14-7-5-13(6-8-14)11-15(12-20(27)28)23-18(24)9-10-19(25)26/h2-8,15H,9-12H2,1H3,(H,23,24)(H,25,26)(H,27,28). The largest absolute Gasteiger partial charge is 0.495 e. The molecule has 0 aliphatic heterocycles. The summed E-state index contributed by atoms with van der Waals surface area (Å²) in [4.78, 5) is 33.6. The van der Waals surface area contributed by atoms with Crippen molar-refractivity contribution in [2.24, 2.45) is 0 Å². The van der Waals surface area contributed by atoms with Crippen molar-refractivity contribution >= 4 is 29.4 Å². The van der Waals surface area contributed by atoms with Gasteiger partial charge < -0.3 is 20.3 Å². The zero-order chi connectivity index (χ0) is 21.4. The number of ether oxygens (including phenoxy) is 1. The number of nitrogens with one attached hydrogen (secondary N) is 1. The van der Waals surface area contributed by atoms with Crippen LogP contribution in [0.25, 0.3) is 11.1 Å². The maximum atomic E-state index is 11.9. The Morgan fingerprint density at radius 3 is 2.31 bits per heavy atom. The van der Waals surface area contributed by atoms with Crippen LogP contribution in [-0.4, -0.2) is 41.2 Å². The zero-order valence-electron chi connectivity index (χ0n) is 15.9. The van der Waals surface area contributed by atoms with E-state index in [0.29, 0.717) is 17.2 Å². The molecule has 0 aromatic heterocycles. The summed E-state index contributed by atoms with van der Waals surface area (Å²) in [7, 11) is 1.54. The van der Waals surface area contributed by atoms with Gasteiger partial charge in [-0.25, -0.2) is 0 Å². The minimum Gasteiger partial charge on any atom is -0.495 e. The van der Waals surface area contributed by atoms with Crippen LogP contribution in [0.1, 0.15) is 24.8 Å². The number of carboxylic acid groups (broad SMARTS) is 2. The van der Waals surface area contributed by atoms with Gasteiger partial charge in [0.2, 0.25) is 5.91 Å². The number of para-hydroxylation sites is 1. The highest BCUT2D eigenvalue weighted by atomic mass is 35.5. The lowest BCUT2D eigenvalue weighted by molar-refractivity contribution is -0.140. The highest BCUT2D eigenvalue weighted by Gasteiger charge is 2.18. The van der Waals surface area contributed by atoms with E-state index in [0.717, 1.165) is 16.7 Å². The Bertz CT molecular complexity index is 881. The smallest absolute Gasteiger partial charge is 0.305 e. The molecule has 0 aliphatic carbocycles. The van der Waals surface area contributed by atoms with E-state index < -0.39 is 23.9 Å². The van der Waals surface area contributed by atoms with Gasteiger partial charge in [-0.1, -0.05) is 48.0 Å². The summed E-state index contributed by atoms with van der Waals surface area (Å²) in [5.41, 5.74) is 2.54. The number of carboxylic acids is 2. The summed E-state index contributed by atoms with van der Waals surface area (Å²) in [5.74, 6) is -2.05. The molecule has 2 aromatic rings. The molecule has 0 radical (unpaired) electrons. The van der Waals surface area contributed by atoms with E-state index in [-0.39, 0.29) is 19.3 Å². The van der Waals surface area contributed by atoms with Crippen LogP contribution in [0.5, 0.6) is 5.75 Å². The monoisotopic (exact) mass is 419 g/mol. The van der Waals surface area contributed by atoms with Crippen LogP contribution in [0.15, 0.2) is 42.5 Å². The Kier molecular flexibility index (Phi) is 8.03. The van der Waals surface area contributed by atoms with Gasteiger partial charge in [-0.15, -0.1) is 0 Å². The van der Waals surface area contributed by atoms with E-state index in [1.807, 2.05) is 36.4 Å². The van der Waals surface area contributed by atoms with Crippen LogP contribution in [0.4, 0.5) is 0 Å². The number of amides is 1. The normalized spacial score (nSPS) is 11.5. The predicted octanol–water partition coefficient (Wildman–Crippen LogP) is 3.38. The van der Waals surface area contributed by atoms with Crippen molar-refractivity contribution in [3.05, 3.63) is 53.1 Å². The number of benzene rings is 2. The first-order valence-corrected chi connectivity index (χ1v) is 9.32. The van der Waals surface area contributed by atoms with Gasteiger partial charge in [0.15, 0.2) is 0 Å². The molecule has 1 unspecified atom stereocenters. The van der Waals surface area contributed by atoms with Gasteiger partial charge in [0.05, 0.1) is 25.0 Å². The second kappa shape index (κ2) is 10.5. The molecule has 0 saturated carbocycles. The van der Waals surface area contributed by atoms with Crippen molar-refractivity contribution in [1.29, 1.82) is 0 Å². The SMILES string of the molecule is COc1c(Cl)cccc1-c1ccc(CC(CC(=O)O)NC(=O)CCC(=O)O)cc1. The molecule has 2 rings (SSSR count). The number of carbonyl (C=O) groups is 3. The molecule has 0 aliphatic rings. The molecule has 0 bridgehead atoms. The fraction of sp³-hybridized carbons (Fsp3) is 0.286. The van der Waals surface area contributed by atoms with Gasteiger partial charge in [0.25, 0.3) is 0 Å². The van der Waals surface area contributed by atoms with Crippen molar-refractivity contribution in [2.45, 2.75) is 31.7 Å². The molecule has 1 atom stereocenters. The summed E-state index contributed by atoms with van der Waals surface area (Å²) in [6.07, 6.45) is -0.457. The third kappa shape index (κ3) is 6.80. The lowest BCUT2D eigenvalue weighted by atomic mass is 9.98. The number of methoxy groups -OCH3 is 1. The summed E-state index contributed by atoms with van der Waals surface area (Å²) >= 11 is 6.16. The van der Waals surface area contributed by atoms with E-state index in [9.17, 15) is 14.4 Å². The van der Waals surface area contributed by atoms with E-state index in [1.54, 1.807) is 13.2 Å². The van der Waals surface area contributed by atoms with E-state index in [1.165, 1.54) is 0 Å². The van der Waals surface area contributed by atoms with Gasteiger partial charge in [-0.3, -0.25) is 14.4 Å². The zero-order valence-corrected chi connectivity index (χ0v) is 16.6. The average Bonchev–Trinajstić information content (AvgIpc) is 2.66. The lowest BCUT2D eigenvalue weighted by Gasteiger charge is -2.17. The van der Waals surface area contributed by atoms with Gasteiger partial charge in [0.1, 0.15) is 5.75 Å². The molecule has 29 heavy (non-hydrogen) atoms. The van der Waals surface area contributed by atoms with Gasteiger partial charge in [-0.2, -0.15) is 0 Å². The predicted molar refractivity (Wildman–Crippen MR) is 108 cm³/mol. The molecule has 0 saturated heterocycles. The average molecular weight is 420 g/mol. The fourth-order valence-corrected chi connectivity index (χ4v) is 3.21. The van der Waals surface area contributed by atoms with E-state index in [4.69, 9.17) is 26.6 Å². The van der Waals surface area contributed by atoms with Crippen molar-refractivity contribution in [3.8, 4) is 16.9 Å². The Morgan fingerprint density at radius 2 is 1.72 bits per heavy atom. The molecule has 154 valence electrons. The third-order valence-electron chi connectivity index (χ3n) is 4.27.